The molecule has 3 heterocycles. The molecule has 1 N–H and O–H groups in total. The summed E-state index contributed by atoms with van der Waals surface area (Å²) < 4.78 is 8.94. The van der Waals surface area contributed by atoms with Gasteiger partial charge in [0.15, 0.2) is 5.82 Å². The quantitative estimate of drug-likeness (QED) is 0.559. The minimum atomic E-state index is -0.177. The Morgan fingerprint density at radius 2 is 1.72 bits per heavy atom. The van der Waals surface area contributed by atoms with Gasteiger partial charge in [-0.2, -0.15) is 5.10 Å². The zero-order valence-electron chi connectivity index (χ0n) is 17.1. The van der Waals surface area contributed by atoms with Gasteiger partial charge in [0.2, 0.25) is 0 Å². The largest absolute Gasteiger partial charge is 0.360 e. The topological polar surface area (TPSA) is 77.9 Å². The standard InChI is InChI=1S/C22H23N5O2/c1-13-11-19(16(4)26(13)20-12-14(2)29-25-20)22(28)23-21-15(3)24-27(17(21)5)18-9-7-6-8-10-18/h6-12H,1-5H3,(H,23,28). The van der Waals surface area contributed by atoms with Crippen molar-refractivity contribution in [2.24, 2.45) is 0 Å². The van der Waals surface area contributed by atoms with E-state index in [0.29, 0.717) is 11.4 Å². The van der Waals surface area contributed by atoms with E-state index in [9.17, 15) is 4.79 Å². The molecule has 1 aromatic carbocycles. The average molecular weight is 389 g/mol. The zero-order valence-corrected chi connectivity index (χ0v) is 17.1. The Balaban J connectivity index is 1.67. The summed E-state index contributed by atoms with van der Waals surface area (Å²) in [6.07, 6.45) is 0. The second-order valence-electron chi connectivity index (χ2n) is 7.16. The molecule has 0 aliphatic rings. The molecule has 0 radical (unpaired) electrons. The van der Waals surface area contributed by atoms with E-state index in [-0.39, 0.29) is 5.91 Å². The third-order valence-electron chi connectivity index (χ3n) is 5.05. The van der Waals surface area contributed by atoms with Crippen LogP contribution in [0.2, 0.25) is 0 Å². The van der Waals surface area contributed by atoms with Crippen LogP contribution in [0.15, 0.2) is 47.0 Å². The van der Waals surface area contributed by atoms with Crippen molar-refractivity contribution >= 4 is 11.6 Å². The smallest absolute Gasteiger partial charge is 0.257 e. The summed E-state index contributed by atoms with van der Waals surface area (Å²) >= 11 is 0. The predicted molar refractivity (Wildman–Crippen MR) is 111 cm³/mol. The molecule has 29 heavy (non-hydrogen) atoms. The van der Waals surface area contributed by atoms with E-state index in [1.807, 2.05) is 86.3 Å². The molecule has 0 atom stereocenters. The van der Waals surface area contributed by atoms with Gasteiger partial charge in [-0.1, -0.05) is 23.4 Å². The maximum atomic E-state index is 13.1. The molecular formula is C22H23N5O2. The SMILES string of the molecule is Cc1cc(-n2c(C)cc(C(=O)Nc3c(C)nn(-c4ccccc4)c3C)c2C)no1. The highest BCUT2D eigenvalue weighted by molar-refractivity contribution is 6.06. The molecule has 1 amide bonds. The molecule has 0 saturated carbocycles. The number of para-hydroxylation sites is 1. The normalized spacial score (nSPS) is 11.1. The van der Waals surface area contributed by atoms with Crippen LogP contribution in [0.25, 0.3) is 11.5 Å². The van der Waals surface area contributed by atoms with E-state index < -0.39 is 0 Å². The lowest BCUT2D eigenvalue weighted by molar-refractivity contribution is 0.102. The second-order valence-corrected chi connectivity index (χ2v) is 7.16. The van der Waals surface area contributed by atoms with Crippen molar-refractivity contribution in [3.05, 3.63) is 76.6 Å². The maximum absolute atomic E-state index is 13.1. The van der Waals surface area contributed by atoms with Crippen LogP contribution in [0.5, 0.6) is 0 Å². The molecule has 0 aliphatic carbocycles. The average Bonchev–Trinajstić information content (AvgIpc) is 3.33. The summed E-state index contributed by atoms with van der Waals surface area (Å²) in [5.41, 5.74) is 5.63. The fraction of sp³-hybridized carbons (Fsp3) is 0.227. The number of carbonyl (C=O) groups is 1. The van der Waals surface area contributed by atoms with Gasteiger partial charge in [-0.25, -0.2) is 4.68 Å². The van der Waals surface area contributed by atoms with Crippen molar-refractivity contribution in [3.63, 3.8) is 0 Å². The summed E-state index contributed by atoms with van der Waals surface area (Å²) in [4.78, 5) is 13.1. The van der Waals surface area contributed by atoms with Gasteiger partial charge in [0, 0.05) is 17.5 Å². The molecule has 7 nitrogen and oxygen atoms in total. The predicted octanol–water partition coefficient (Wildman–Crippen LogP) is 4.45. The van der Waals surface area contributed by atoms with Gasteiger partial charge in [-0.3, -0.25) is 9.36 Å². The van der Waals surface area contributed by atoms with Crippen LogP contribution in [0.4, 0.5) is 5.69 Å². The van der Waals surface area contributed by atoms with Crippen LogP contribution in [0, 0.1) is 34.6 Å². The van der Waals surface area contributed by atoms with Crippen LogP contribution >= 0.6 is 0 Å². The summed E-state index contributed by atoms with van der Waals surface area (Å²) in [5, 5.41) is 11.7. The summed E-state index contributed by atoms with van der Waals surface area (Å²) in [5.74, 6) is 1.21. The number of nitrogens with zero attached hydrogens (tertiary/aromatic N) is 4. The van der Waals surface area contributed by atoms with Gasteiger partial charge < -0.3 is 9.84 Å². The Hall–Kier alpha value is -3.61. The molecule has 7 heteroatoms. The van der Waals surface area contributed by atoms with Crippen LogP contribution < -0.4 is 5.32 Å². The number of benzene rings is 1. The molecule has 4 aromatic rings. The van der Waals surface area contributed by atoms with Gasteiger partial charge in [-0.05, 0) is 52.8 Å². The first kappa shape index (κ1) is 18.7. The van der Waals surface area contributed by atoms with E-state index in [0.717, 1.165) is 39.9 Å². The number of hydrogen-bond acceptors (Lipinski definition) is 4. The molecule has 0 aliphatic heterocycles. The molecule has 3 aromatic heterocycles. The van der Waals surface area contributed by atoms with Crippen molar-refractivity contribution < 1.29 is 9.32 Å². The van der Waals surface area contributed by atoms with Crippen molar-refractivity contribution in [3.8, 4) is 11.5 Å². The lowest BCUT2D eigenvalue weighted by Gasteiger charge is -2.08. The van der Waals surface area contributed by atoms with E-state index >= 15 is 0 Å². The summed E-state index contributed by atoms with van der Waals surface area (Å²) in [7, 11) is 0. The third kappa shape index (κ3) is 3.24. The highest BCUT2D eigenvalue weighted by Crippen LogP contribution is 2.26. The Kier molecular flexibility index (Phi) is 4.58. The number of aromatic nitrogens is 4. The van der Waals surface area contributed by atoms with E-state index in [4.69, 9.17) is 4.52 Å². The molecule has 148 valence electrons. The number of aryl methyl sites for hydroxylation is 3. The molecular weight excluding hydrogens is 366 g/mol. The first-order valence-electron chi connectivity index (χ1n) is 9.42. The molecule has 0 saturated heterocycles. The van der Waals surface area contributed by atoms with Gasteiger partial charge in [-0.15, -0.1) is 0 Å². The Morgan fingerprint density at radius 1 is 1.00 bits per heavy atom. The van der Waals surface area contributed by atoms with Crippen LogP contribution in [-0.4, -0.2) is 25.4 Å². The lowest BCUT2D eigenvalue weighted by atomic mass is 10.2. The maximum Gasteiger partial charge on any atom is 0.257 e. The highest BCUT2D eigenvalue weighted by Gasteiger charge is 2.21. The first-order valence-corrected chi connectivity index (χ1v) is 9.42. The molecule has 0 unspecified atom stereocenters. The van der Waals surface area contributed by atoms with E-state index in [1.54, 1.807) is 0 Å². The van der Waals surface area contributed by atoms with Gasteiger partial charge in [0.1, 0.15) is 5.76 Å². The zero-order chi connectivity index (χ0) is 20.7. The van der Waals surface area contributed by atoms with Gasteiger partial charge in [0.05, 0.1) is 28.3 Å². The number of rotatable bonds is 4. The van der Waals surface area contributed by atoms with E-state index in [1.165, 1.54) is 0 Å². The van der Waals surface area contributed by atoms with Crippen molar-refractivity contribution in [2.45, 2.75) is 34.6 Å². The first-order chi connectivity index (χ1) is 13.9. The fourth-order valence-corrected chi connectivity index (χ4v) is 3.63. The minimum absolute atomic E-state index is 0.177. The molecule has 4 rings (SSSR count). The van der Waals surface area contributed by atoms with Gasteiger partial charge in [0.25, 0.3) is 5.91 Å². The van der Waals surface area contributed by atoms with Crippen molar-refractivity contribution in [1.82, 2.24) is 19.5 Å². The van der Waals surface area contributed by atoms with Crippen LogP contribution in [0.3, 0.4) is 0 Å². The lowest BCUT2D eigenvalue weighted by Crippen LogP contribution is -2.14. The second kappa shape index (κ2) is 7.09. The van der Waals surface area contributed by atoms with E-state index in [2.05, 4.69) is 15.6 Å². The number of nitrogens with one attached hydrogen (secondary N) is 1. The van der Waals surface area contributed by atoms with Crippen LogP contribution in [-0.2, 0) is 0 Å². The minimum Gasteiger partial charge on any atom is -0.360 e. The number of anilines is 1. The summed E-state index contributed by atoms with van der Waals surface area (Å²) in [6.45, 7) is 9.53. The molecule has 0 spiro atoms. The molecule has 0 bridgehead atoms. The fourth-order valence-electron chi connectivity index (χ4n) is 3.63. The number of amides is 1. The van der Waals surface area contributed by atoms with Crippen molar-refractivity contribution in [2.75, 3.05) is 5.32 Å². The monoisotopic (exact) mass is 389 g/mol. The van der Waals surface area contributed by atoms with Crippen molar-refractivity contribution in [1.29, 1.82) is 0 Å². The van der Waals surface area contributed by atoms with Gasteiger partial charge >= 0.3 is 0 Å². The Labute approximate surface area is 168 Å². The highest BCUT2D eigenvalue weighted by atomic mass is 16.5. The molecule has 0 fully saturated rings. The number of carbonyl (C=O) groups excluding carboxylic acids is 1. The van der Waals surface area contributed by atoms with Crippen LogP contribution in [0.1, 0.15) is 38.9 Å². The number of hydrogen-bond donors (Lipinski definition) is 1. The Bertz CT molecular complexity index is 1200. The Morgan fingerprint density at radius 3 is 2.38 bits per heavy atom. The summed E-state index contributed by atoms with van der Waals surface area (Å²) in [6, 6.07) is 13.6. The third-order valence-corrected chi connectivity index (χ3v) is 5.05.